The van der Waals surface area contributed by atoms with Crippen molar-refractivity contribution in [2.45, 2.75) is 32.4 Å². The van der Waals surface area contributed by atoms with E-state index in [1.54, 1.807) is 7.11 Å². The fourth-order valence-electron chi connectivity index (χ4n) is 2.27. The molecule has 0 bridgehead atoms. The van der Waals surface area contributed by atoms with Crippen LogP contribution in [0, 0.1) is 17.6 Å². The predicted octanol–water partition coefficient (Wildman–Crippen LogP) is 2.77. The lowest BCUT2D eigenvalue weighted by atomic mass is 9.94. The number of halogens is 2. The van der Waals surface area contributed by atoms with Crippen LogP contribution in [0.25, 0.3) is 0 Å². The second-order valence-corrected chi connectivity index (χ2v) is 4.82. The highest BCUT2D eigenvalue weighted by Crippen LogP contribution is 2.16. The zero-order valence-electron chi connectivity index (χ0n) is 11.3. The van der Waals surface area contributed by atoms with Crippen molar-refractivity contribution in [3.05, 3.63) is 35.4 Å². The Bertz CT molecular complexity index is 362. The van der Waals surface area contributed by atoms with Gasteiger partial charge in [0.1, 0.15) is 11.6 Å². The number of likely N-dealkylation sites (N-methyl/N-ethyl adjacent to an activating group) is 1. The summed E-state index contributed by atoms with van der Waals surface area (Å²) in [4.78, 5) is 0. The van der Waals surface area contributed by atoms with E-state index in [1.807, 2.05) is 7.05 Å². The van der Waals surface area contributed by atoms with Crippen LogP contribution in [-0.4, -0.2) is 26.3 Å². The number of methoxy groups -OCH3 is 1. The summed E-state index contributed by atoms with van der Waals surface area (Å²) in [6.07, 6.45) is 0.531. The zero-order chi connectivity index (χ0) is 13.7. The van der Waals surface area contributed by atoms with Gasteiger partial charge in [0.2, 0.25) is 0 Å². The highest BCUT2D eigenvalue weighted by molar-refractivity contribution is 5.19. The van der Waals surface area contributed by atoms with Crippen LogP contribution in [0.2, 0.25) is 0 Å². The van der Waals surface area contributed by atoms with Crippen molar-refractivity contribution in [3.63, 3.8) is 0 Å². The minimum absolute atomic E-state index is 0.00123. The molecule has 4 heteroatoms. The van der Waals surface area contributed by atoms with Crippen LogP contribution < -0.4 is 5.32 Å². The van der Waals surface area contributed by atoms with Gasteiger partial charge in [0.25, 0.3) is 0 Å². The molecule has 18 heavy (non-hydrogen) atoms. The van der Waals surface area contributed by atoms with E-state index in [2.05, 4.69) is 19.2 Å². The Kier molecular flexibility index (Phi) is 5.69. The summed E-state index contributed by atoms with van der Waals surface area (Å²) in [5.74, 6) is -0.761. The van der Waals surface area contributed by atoms with E-state index in [0.717, 1.165) is 6.07 Å². The molecule has 0 aliphatic carbocycles. The number of rotatable bonds is 6. The maximum Gasteiger partial charge on any atom is 0.126 e. The molecule has 2 atom stereocenters. The zero-order valence-corrected chi connectivity index (χ0v) is 11.3. The van der Waals surface area contributed by atoms with Crippen molar-refractivity contribution < 1.29 is 13.5 Å². The molecular formula is C14H21F2NO. The summed E-state index contributed by atoms with van der Waals surface area (Å²) >= 11 is 0. The van der Waals surface area contributed by atoms with E-state index in [9.17, 15) is 8.78 Å². The lowest BCUT2D eigenvalue weighted by Gasteiger charge is -2.29. The monoisotopic (exact) mass is 257 g/mol. The van der Waals surface area contributed by atoms with Crippen LogP contribution in [0.4, 0.5) is 8.78 Å². The van der Waals surface area contributed by atoms with E-state index in [-0.39, 0.29) is 12.1 Å². The highest BCUT2D eigenvalue weighted by atomic mass is 19.1. The first-order valence-electron chi connectivity index (χ1n) is 6.13. The molecule has 1 rings (SSSR count). The van der Waals surface area contributed by atoms with Crippen molar-refractivity contribution in [2.75, 3.05) is 14.2 Å². The second-order valence-electron chi connectivity index (χ2n) is 4.82. The fourth-order valence-corrected chi connectivity index (χ4v) is 2.27. The molecule has 102 valence electrons. The van der Waals surface area contributed by atoms with Crippen molar-refractivity contribution in [2.24, 2.45) is 5.92 Å². The average molecular weight is 257 g/mol. The minimum atomic E-state index is -0.543. The van der Waals surface area contributed by atoms with E-state index >= 15 is 0 Å². The van der Waals surface area contributed by atoms with Crippen LogP contribution >= 0.6 is 0 Å². The van der Waals surface area contributed by atoms with Gasteiger partial charge < -0.3 is 10.1 Å². The summed E-state index contributed by atoms with van der Waals surface area (Å²) in [6, 6.07) is 3.63. The molecule has 0 heterocycles. The normalized spacial score (nSPS) is 14.8. The third-order valence-corrected chi connectivity index (χ3v) is 3.07. The molecule has 0 aliphatic rings. The van der Waals surface area contributed by atoms with Crippen LogP contribution in [0.15, 0.2) is 18.2 Å². The maximum atomic E-state index is 13.1. The first-order valence-corrected chi connectivity index (χ1v) is 6.13. The van der Waals surface area contributed by atoms with E-state index in [4.69, 9.17) is 4.74 Å². The number of benzene rings is 1. The second kappa shape index (κ2) is 6.81. The maximum absolute atomic E-state index is 13.1. The SMILES string of the molecule is CNC(Cc1cc(F)cc(F)c1)C(OC)C(C)C. The average Bonchev–Trinajstić information content (AvgIpc) is 2.26. The summed E-state index contributed by atoms with van der Waals surface area (Å²) in [6.45, 7) is 4.12. The van der Waals surface area contributed by atoms with Crippen LogP contribution in [0.3, 0.4) is 0 Å². The Hall–Kier alpha value is -1.00. The molecule has 0 spiro atoms. The summed E-state index contributed by atoms with van der Waals surface area (Å²) < 4.78 is 31.7. The van der Waals surface area contributed by atoms with Gasteiger partial charge >= 0.3 is 0 Å². The minimum Gasteiger partial charge on any atom is -0.380 e. The molecule has 0 fully saturated rings. The molecule has 0 amide bonds. The van der Waals surface area contributed by atoms with Crippen molar-refractivity contribution >= 4 is 0 Å². The molecule has 2 unspecified atom stereocenters. The predicted molar refractivity (Wildman–Crippen MR) is 68.5 cm³/mol. The fraction of sp³-hybridized carbons (Fsp3) is 0.571. The highest BCUT2D eigenvalue weighted by Gasteiger charge is 2.23. The topological polar surface area (TPSA) is 21.3 Å². The molecule has 1 N–H and O–H groups in total. The van der Waals surface area contributed by atoms with Gasteiger partial charge in [-0.3, -0.25) is 0 Å². The Balaban J connectivity index is 2.84. The number of hydrogen-bond acceptors (Lipinski definition) is 2. The van der Waals surface area contributed by atoms with E-state index in [1.165, 1.54) is 12.1 Å². The van der Waals surface area contributed by atoms with Crippen LogP contribution in [0.5, 0.6) is 0 Å². The first kappa shape index (κ1) is 15.1. The smallest absolute Gasteiger partial charge is 0.126 e. The number of nitrogens with one attached hydrogen (secondary N) is 1. The first-order chi connectivity index (χ1) is 8.47. The van der Waals surface area contributed by atoms with Crippen molar-refractivity contribution in [3.8, 4) is 0 Å². The van der Waals surface area contributed by atoms with Gasteiger partial charge in [-0.15, -0.1) is 0 Å². The summed E-state index contributed by atoms with van der Waals surface area (Å²) in [5, 5.41) is 3.15. The molecule has 1 aromatic carbocycles. The van der Waals surface area contributed by atoms with Gasteiger partial charge in [0, 0.05) is 19.2 Å². The van der Waals surface area contributed by atoms with Crippen molar-refractivity contribution in [1.82, 2.24) is 5.32 Å². The molecule has 0 radical (unpaired) electrons. The van der Waals surface area contributed by atoms with Crippen molar-refractivity contribution in [1.29, 1.82) is 0 Å². The van der Waals surface area contributed by atoms with Crippen LogP contribution in [0.1, 0.15) is 19.4 Å². The van der Waals surface area contributed by atoms with Gasteiger partial charge in [-0.1, -0.05) is 13.8 Å². The molecule has 0 aromatic heterocycles. The Morgan fingerprint density at radius 3 is 2.11 bits per heavy atom. The Labute approximate surface area is 107 Å². The number of hydrogen-bond donors (Lipinski definition) is 1. The standard InChI is InChI=1S/C14H21F2NO/c1-9(2)14(18-4)13(17-3)7-10-5-11(15)8-12(16)6-10/h5-6,8-9,13-14,17H,7H2,1-4H3. The third kappa shape index (κ3) is 4.03. The van der Waals surface area contributed by atoms with Gasteiger partial charge in [-0.25, -0.2) is 8.78 Å². The van der Waals surface area contributed by atoms with Crippen LogP contribution in [-0.2, 0) is 11.2 Å². The molecular weight excluding hydrogens is 236 g/mol. The quantitative estimate of drug-likeness (QED) is 0.846. The van der Waals surface area contributed by atoms with E-state index in [0.29, 0.717) is 17.9 Å². The summed E-state index contributed by atoms with van der Waals surface area (Å²) in [5.41, 5.74) is 0.634. The van der Waals surface area contributed by atoms with Gasteiger partial charge in [-0.05, 0) is 37.1 Å². The Morgan fingerprint density at radius 1 is 1.17 bits per heavy atom. The Morgan fingerprint density at radius 2 is 1.72 bits per heavy atom. The van der Waals surface area contributed by atoms with Gasteiger partial charge in [-0.2, -0.15) is 0 Å². The van der Waals surface area contributed by atoms with E-state index < -0.39 is 11.6 Å². The molecule has 0 saturated carbocycles. The third-order valence-electron chi connectivity index (χ3n) is 3.07. The summed E-state index contributed by atoms with van der Waals surface area (Å²) in [7, 11) is 3.48. The molecule has 0 aliphatic heterocycles. The molecule has 0 saturated heterocycles. The molecule has 2 nitrogen and oxygen atoms in total. The largest absolute Gasteiger partial charge is 0.380 e. The van der Waals surface area contributed by atoms with Gasteiger partial charge in [0.15, 0.2) is 0 Å². The molecule has 1 aromatic rings. The lowest BCUT2D eigenvalue weighted by molar-refractivity contribution is 0.0353. The van der Waals surface area contributed by atoms with Gasteiger partial charge in [0.05, 0.1) is 6.10 Å². The number of ether oxygens (including phenoxy) is 1. The lowest BCUT2D eigenvalue weighted by Crippen LogP contribution is -2.43.